The Morgan fingerprint density at radius 1 is 0.692 bits per heavy atom. The number of carbonyl (C=O) groups excluding carboxylic acids is 1. The lowest BCUT2D eigenvalue weighted by atomic mass is 10.2. The summed E-state index contributed by atoms with van der Waals surface area (Å²) < 4.78 is 31.2. The molecule has 1 N–H and O–H groups in total. The van der Waals surface area contributed by atoms with Gasteiger partial charge in [-0.2, -0.15) is 0 Å². The third-order valence-corrected chi connectivity index (χ3v) is 2.73. The van der Waals surface area contributed by atoms with Crippen molar-refractivity contribution in [3.05, 3.63) is 0 Å². The second-order valence-electron chi connectivity index (χ2n) is 5.71. The zero-order valence-electron chi connectivity index (χ0n) is 15.8. The molecule has 9 nitrogen and oxygen atoms in total. The van der Waals surface area contributed by atoms with Gasteiger partial charge in [-0.05, 0) is 5.92 Å². The number of hydrogen-bond acceptors (Lipinski definition) is 8. The number of carboxylic acid groups (broad SMARTS) is 1. The van der Waals surface area contributed by atoms with Crippen molar-refractivity contribution in [3.8, 4) is 0 Å². The molecule has 0 aromatic rings. The molecular formula is C17H32O9. The normalized spacial score (nSPS) is 11.0. The molecule has 9 heteroatoms. The van der Waals surface area contributed by atoms with Crippen LogP contribution in [0.25, 0.3) is 0 Å². The molecule has 0 aliphatic rings. The minimum Gasteiger partial charge on any atom is -0.481 e. The van der Waals surface area contributed by atoms with Crippen LogP contribution in [0.3, 0.4) is 0 Å². The summed E-state index contributed by atoms with van der Waals surface area (Å²) in [5.74, 6) is -1.46. The van der Waals surface area contributed by atoms with E-state index >= 15 is 0 Å². The molecule has 0 fully saturated rings. The minimum absolute atomic E-state index is 0.0255. The highest BCUT2D eigenvalue weighted by Crippen LogP contribution is 1.92. The Morgan fingerprint density at radius 3 is 1.46 bits per heavy atom. The van der Waals surface area contributed by atoms with Gasteiger partial charge >= 0.3 is 11.9 Å². The third kappa shape index (κ3) is 20.8. The van der Waals surface area contributed by atoms with Gasteiger partial charge in [-0.25, -0.2) is 0 Å². The average Bonchev–Trinajstić information content (AvgIpc) is 2.56. The van der Waals surface area contributed by atoms with Crippen molar-refractivity contribution in [1.29, 1.82) is 0 Å². The van der Waals surface area contributed by atoms with Crippen LogP contribution >= 0.6 is 0 Å². The van der Waals surface area contributed by atoms with Crippen LogP contribution in [-0.4, -0.2) is 89.7 Å². The molecule has 0 saturated heterocycles. The van der Waals surface area contributed by atoms with Gasteiger partial charge in [0.2, 0.25) is 0 Å². The summed E-state index contributed by atoms with van der Waals surface area (Å²) in [5.41, 5.74) is 0. The highest BCUT2D eigenvalue weighted by Gasteiger charge is 2.07. The van der Waals surface area contributed by atoms with Crippen LogP contribution in [-0.2, 0) is 38.0 Å². The molecule has 0 atom stereocenters. The van der Waals surface area contributed by atoms with Crippen molar-refractivity contribution in [1.82, 2.24) is 0 Å². The predicted octanol–water partition coefficient (Wildman–Crippen LogP) is 0.743. The van der Waals surface area contributed by atoms with Gasteiger partial charge in [-0.15, -0.1) is 0 Å². The lowest BCUT2D eigenvalue weighted by molar-refractivity contribution is -0.152. The van der Waals surface area contributed by atoms with Crippen LogP contribution < -0.4 is 0 Å². The monoisotopic (exact) mass is 380 g/mol. The van der Waals surface area contributed by atoms with Crippen molar-refractivity contribution < 1.29 is 43.1 Å². The van der Waals surface area contributed by atoms with Crippen LogP contribution in [0.4, 0.5) is 0 Å². The maximum Gasteiger partial charge on any atom is 0.317 e. The smallest absolute Gasteiger partial charge is 0.317 e. The maximum atomic E-state index is 10.9. The van der Waals surface area contributed by atoms with Crippen molar-refractivity contribution in [3.63, 3.8) is 0 Å². The van der Waals surface area contributed by atoms with Gasteiger partial charge in [0.15, 0.2) is 0 Å². The van der Waals surface area contributed by atoms with E-state index in [4.69, 9.17) is 28.8 Å². The Labute approximate surface area is 154 Å². The lowest BCUT2D eigenvalue weighted by Gasteiger charge is -2.08. The fourth-order valence-corrected chi connectivity index (χ4v) is 1.59. The molecule has 0 bridgehead atoms. The van der Waals surface area contributed by atoms with E-state index in [1.165, 1.54) is 0 Å². The van der Waals surface area contributed by atoms with Crippen LogP contribution in [0.1, 0.15) is 20.3 Å². The number of esters is 1. The topological polar surface area (TPSA) is 110 Å². The van der Waals surface area contributed by atoms with Gasteiger partial charge in [0.1, 0.15) is 13.0 Å². The van der Waals surface area contributed by atoms with Crippen LogP contribution in [0.2, 0.25) is 0 Å². The molecule has 0 aliphatic carbocycles. The number of carbonyl (C=O) groups is 2. The first-order valence-electron chi connectivity index (χ1n) is 8.78. The van der Waals surface area contributed by atoms with E-state index in [1.54, 1.807) is 0 Å². The Morgan fingerprint density at radius 2 is 1.08 bits per heavy atom. The quantitative estimate of drug-likeness (QED) is 0.197. The van der Waals surface area contributed by atoms with Crippen molar-refractivity contribution in [2.45, 2.75) is 20.3 Å². The molecule has 0 aromatic carbocycles. The van der Waals surface area contributed by atoms with Crippen LogP contribution in [0.5, 0.6) is 0 Å². The molecule has 0 amide bonds. The number of ether oxygens (including phenoxy) is 6. The van der Waals surface area contributed by atoms with Gasteiger partial charge in [-0.1, -0.05) is 13.8 Å². The summed E-state index contributed by atoms with van der Waals surface area (Å²) in [6.07, 6.45) is -0.639. The Bertz CT molecular complexity index is 347. The first-order chi connectivity index (χ1) is 12.5. The van der Waals surface area contributed by atoms with Gasteiger partial charge < -0.3 is 33.5 Å². The summed E-state index contributed by atoms with van der Waals surface area (Å²) in [5, 5.41) is 8.36. The molecule has 0 heterocycles. The van der Waals surface area contributed by atoms with Gasteiger partial charge in [0, 0.05) is 6.61 Å². The van der Waals surface area contributed by atoms with E-state index in [1.807, 2.05) is 0 Å². The number of rotatable bonds is 19. The highest BCUT2D eigenvalue weighted by molar-refractivity contribution is 5.90. The molecule has 0 spiro atoms. The standard InChI is InChI=1S/C17H32O9/c1-15(2)14-25-10-9-23-6-5-21-3-4-22-7-8-24-11-12-26-17(20)13-16(18)19/h15H,3-14H2,1-2H3,(H,18,19). The SMILES string of the molecule is CC(C)COCCOCCOCCOCCOCCOC(=O)CC(=O)O. The minimum atomic E-state index is -1.21. The van der Waals surface area contributed by atoms with Gasteiger partial charge in [-0.3, -0.25) is 9.59 Å². The average molecular weight is 380 g/mol. The van der Waals surface area contributed by atoms with Gasteiger partial charge in [0.25, 0.3) is 0 Å². The van der Waals surface area contributed by atoms with Crippen molar-refractivity contribution in [2.75, 3.05) is 72.7 Å². The number of carboxylic acids is 1. The maximum absolute atomic E-state index is 10.9. The molecule has 0 saturated carbocycles. The van der Waals surface area contributed by atoms with Crippen molar-refractivity contribution in [2.24, 2.45) is 5.92 Å². The first-order valence-corrected chi connectivity index (χ1v) is 8.78. The summed E-state index contributed by atoms with van der Waals surface area (Å²) in [6, 6.07) is 0. The fraction of sp³-hybridized carbons (Fsp3) is 0.882. The van der Waals surface area contributed by atoms with Crippen molar-refractivity contribution >= 4 is 11.9 Å². The second-order valence-corrected chi connectivity index (χ2v) is 5.71. The molecule has 0 radical (unpaired) electrons. The number of hydrogen-bond donors (Lipinski definition) is 1. The summed E-state index contributed by atoms with van der Waals surface area (Å²) in [4.78, 5) is 21.1. The first kappa shape index (κ1) is 24.7. The third-order valence-electron chi connectivity index (χ3n) is 2.73. The van der Waals surface area contributed by atoms with Crippen LogP contribution in [0.15, 0.2) is 0 Å². The van der Waals surface area contributed by atoms with Gasteiger partial charge in [0.05, 0.1) is 59.5 Å². The highest BCUT2D eigenvalue weighted by atomic mass is 16.6. The van der Waals surface area contributed by atoms with E-state index in [0.29, 0.717) is 58.8 Å². The summed E-state index contributed by atoms with van der Waals surface area (Å²) >= 11 is 0. The fourth-order valence-electron chi connectivity index (χ4n) is 1.59. The Hall–Kier alpha value is -1.26. The molecule has 0 aromatic heterocycles. The molecule has 154 valence electrons. The van der Waals surface area contributed by atoms with E-state index in [9.17, 15) is 9.59 Å². The second kappa shape index (κ2) is 18.5. The Kier molecular flexibility index (Phi) is 17.6. The van der Waals surface area contributed by atoms with E-state index < -0.39 is 18.4 Å². The molecule has 26 heavy (non-hydrogen) atoms. The summed E-state index contributed by atoms with van der Waals surface area (Å²) in [6.45, 7) is 9.05. The molecular weight excluding hydrogens is 348 g/mol. The van der Waals surface area contributed by atoms with E-state index in [-0.39, 0.29) is 13.2 Å². The molecule has 0 rings (SSSR count). The molecule has 0 aliphatic heterocycles. The predicted molar refractivity (Wildman–Crippen MR) is 92.1 cm³/mol. The Balaban J connectivity index is 3.09. The zero-order valence-corrected chi connectivity index (χ0v) is 15.8. The van der Waals surface area contributed by atoms with E-state index in [2.05, 4.69) is 18.6 Å². The summed E-state index contributed by atoms with van der Waals surface area (Å²) in [7, 11) is 0. The van der Waals surface area contributed by atoms with E-state index in [0.717, 1.165) is 6.61 Å². The number of aliphatic carboxylic acids is 1. The largest absolute Gasteiger partial charge is 0.481 e. The lowest BCUT2D eigenvalue weighted by Crippen LogP contribution is -2.16. The molecule has 0 unspecified atom stereocenters. The zero-order chi connectivity index (χ0) is 19.5. The van der Waals surface area contributed by atoms with Crippen LogP contribution in [0, 0.1) is 5.92 Å².